The van der Waals surface area contributed by atoms with Gasteiger partial charge in [-0.3, -0.25) is 0 Å². The topological polar surface area (TPSA) is 75.1 Å². The number of aryl methyl sites for hydroxylation is 3. The third-order valence-corrected chi connectivity index (χ3v) is 5.05. The first-order valence-corrected chi connectivity index (χ1v) is 7.81. The summed E-state index contributed by atoms with van der Waals surface area (Å²) in [5.41, 5.74) is 1.84. The van der Waals surface area contributed by atoms with E-state index in [1.54, 1.807) is 13.0 Å². The molecule has 3 aromatic rings. The van der Waals surface area contributed by atoms with E-state index in [2.05, 4.69) is 26.6 Å². The molecule has 0 saturated carbocycles. The fourth-order valence-electron chi connectivity index (χ4n) is 2.84. The summed E-state index contributed by atoms with van der Waals surface area (Å²) in [6.45, 7) is 2.56. The molecule has 0 aromatic carbocycles. The molecule has 108 valence electrons. The zero-order chi connectivity index (χ0) is 14.4. The van der Waals surface area contributed by atoms with Gasteiger partial charge in [-0.25, -0.2) is 19.3 Å². The standard InChI is InChI=1S/C14H15N5OS/c1-8-16-12(6-13-17-18-14(20)19(8)13)15-7-10-5-9-3-2-4-11(9)21-10/h5-6,15H,2-4,7H2,1H3,(H,18,20). The molecule has 0 fully saturated rings. The fourth-order valence-corrected chi connectivity index (χ4v) is 4.04. The number of aromatic nitrogens is 4. The largest absolute Gasteiger partial charge is 0.365 e. The second kappa shape index (κ2) is 4.70. The SMILES string of the molecule is Cc1nc(NCc2cc3c(s2)CCC3)cc2n[nH]c(=O)n12. The van der Waals surface area contributed by atoms with Crippen molar-refractivity contribution >= 4 is 22.8 Å². The molecule has 4 rings (SSSR count). The van der Waals surface area contributed by atoms with Crippen LogP contribution >= 0.6 is 11.3 Å². The second-order valence-electron chi connectivity index (χ2n) is 5.28. The highest BCUT2D eigenvalue weighted by atomic mass is 32.1. The van der Waals surface area contributed by atoms with Gasteiger partial charge in [0.2, 0.25) is 0 Å². The Morgan fingerprint density at radius 3 is 3.19 bits per heavy atom. The van der Waals surface area contributed by atoms with E-state index in [1.807, 2.05) is 11.3 Å². The molecular formula is C14H15N5OS. The van der Waals surface area contributed by atoms with Crippen molar-refractivity contribution < 1.29 is 0 Å². The van der Waals surface area contributed by atoms with Gasteiger partial charge in [-0.1, -0.05) is 0 Å². The monoisotopic (exact) mass is 301 g/mol. The smallest absolute Gasteiger partial charge is 0.349 e. The summed E-state index contributed by atoms with van der Waals surface area (Å²) in [7, 11) is 0. The molecule has 0 bridgehead atoms. The van der Waals surface area contributed by atoms with Crippen molar-refractivity contribution in [3.05, 3.63) is 43.8 Å². The quantitative estimate of drug-likeness (QED) is 0.774. The molecule has 0 aliphatic heterocycles. The predicted octanol–water partition coefficient (Wildman–Crippen LogP) is 1.89. The van der Waals surface area contributed by atoms with Crippen molar-refractivity contribution in [1.29, 1.82) is 0 Å². The van der Waals surface area contributed by atoms with Gasteiger partial charge in [0.05, 0.1) is 6.54 Å². The number of nitrogens with zero attached hydrogens (tertiary/aromatic N) is 3. The van der Waals surface area contributed by atoms with Crippen LogP contribution in [0.25, 0.3) is 5.65 Å². The van der Waals surface area contributed by atoms with Crippen molar-refractivity contribution in [1.82, 2.24) is 19.6 Å². The minimum Gasteiger partial charge on any atom is -0.365 e. The lowest BCUT2D eigenvalue weighted by Gasteiger charge is -2.06. The highest BCUT2D eigenvalue weighted by molar-refractivity contribution is 7.12. The van der Waals surface area contributed by atoms with Gasteiger partial charge < -0.3 is 5.32 Å². The van der Waals surface area contributed by atoms with Crippen LogP contribution in [0.5, 0.6) is 0 Å². The minimum absolute atomic E-state index is 0.253. The fraction of sp³-hybridized carbons (Fsp3) is 0.357. The first-order valence-electron chi connectivity index (χ1n) is 7.00. The summed E-state index contributed by atoms with van der Waals surface area (Å²) in [4.78, 5) is 18.8. The van der Waals surface area contributed by atoms with Crippen LogP contribution in [0, 0.1) is 6.92 Å². The summed E-state index contributed by atoms with van der Waals surface area (Å²) >= 11 is 1.89. The van der Waals surface area contributed by atoms with Crippen LogP contribution < -0.4 is 11.0 Å². The molecule has 1 aliphatic carbocycles. The van der Waals surface area contributed by atoms with E-state index in [0.717, 1.165) is 12.4 Å². The summed E-state index contributed by atoms with van der Waals surface area (Å²) in [6.07, 6.45) is 3.73. The predicted molar refractivity (Wildman–Crippen MR) is 82.0 cm³/mol. The lowest BCUT2D eigenvalue weighted by molar-refractivity contribution is 0.912. The molecule has 3 aromatic heterocycles. The Kier molecular flexibility index (Phi) is 2.81. The number of anilines is 1. The molecule has 6 nitrogen and oxygen atoms in total. The van der Waals surface area contributed by atoms with Gasteiger partial charge in [-0.05, 0) is 37.8 Å². The molecule has 0 unspecified atom stereocenters. The van der Waals surface area contributed by atoms with E-state index in [4.69, 9.17) is 0 Å². The van der Waals surface area contributed by atoms with E-state index in [9.17, 15) is 4.79 Å². The number of fused-ring (bicyclic) bond motifs is 2. The molecule has 7 heteroatoms. The van der Waals surface area contributed by atoms with Gasteiger partial charge in [-0.2, -0.15) is 5.10 Å². The van der Waals surface area contributed by atoms with Gasteiger partial charge in [-0.15, -0.1) is 11.3 Å². The zero-order valence-corrected chi connectivity index (χ0v) is 12.5. The number of rotatable bonds is 3. The number of nitrogens with one attached hydrogen (secondary N) is 2. The molecule has 0 amide bonds. The van der Waals surface area contributed by atoms with Gasteiger partial charge >= 0.3 is 5.69 Å². The van der Waals surface area contributed by atoms with Gasteiger partial charge in [0.1, 0.15) is 11.6 Å². The molecule has 0 atom stereocenters. The van der Waals surface area contributed by atoms with Gasteiger partial charge in [0, 0.05) is 15.8 Å². The van der Waals surface area contributed by atoms with Crippen molar-refractivity contribution in [2.75, 3.05) is 5.32 Å². The Morgan fingerprint density at radius 1 is 1.43 bits per heavy atom. The molecule has 21 heavy (non-hydrogen) atoms. The van der Waals surface area contributed by atoms with E-state index in [0.29, 0.717) is 11.5 Å². The van der Waals surface area contributed by atoms with Gasteiger partial charge in [0.25, 0.3) is 0 Å². The summed E-state index contributed by atoms with van der Waals surface area (Å²) in [6, 6.07) is 4.08. The number of H-pyrrole nitrogens is 1. The number of hydrogen-bond donors (Lipinski definition) is 2. The highest BCUT2D eigenvalue weighted by Crippen LogP contribution is 2.30. The number of aromatic amines is 1. The third-order valence-electron chi connectivity index (χ3n) is 3.81. The van der Waals surface area contributed by atoms with E-state index >= 15 is 0 Å². The molecule has 0 spiro atoms. The van der Waals surface area contributed by atoms with Crippen molar-refractivity contribution in [3.63, 3.8) is 0 Å². The van der Waals surface area contributed by atoms with Crippen LogP contribution in [0.3, 0.4) is 0 Å². The van der Waals surface area contributed by atoms with E-state index in [1.165, 1.54) is 39.0 Å². The average molecular weight is 301 g/mol. The molecule has 3 heterocycles. The second-order valence-corrected chi connectivity index (χ2v) is 6.50. The molecule has 1 aliphatic rings. The Bertz CT molecular complexity index is 854. The summed E-state index contributed by atoms with van der Waals surface area (Å²) < 4.78 is 1.46. The lowest BCUT2D eigenvalue weighted by Crippen LogP contribution is -2.14. The third kappa shape index (κ3) is 2.13. The van der Waals surface area contributed by atoms with Crippen molar-refractivity contribution in [2.24, 2.45) is 0 Å². The summed E-state index contributed by atoms with van der Waals surface area (Å²) in [5.74, 6) is 1.37. The van der Waals surface area contributed by atoms with Crippen molar-refractivity contribution in [2.45, 2.75) is 32.7 Å². The lowest BCUT2D eigenvalue weighted by atomic mass is 10.2. The Hall–Kier alpha value is -2.15. The number of thiophene rings is 1. The zero-order valence-electron chi connectivity index (χ0n) is 11.6. The Balaban J connectivity index is 1.57. The van der Waals surface area contributed by atoms with Crippen molar-refractivity contribution in [3.8, 4) is 0 Å². The van der Waals surface area contributed by atoms with Gasteiger partial charge in [0.15, 0.2) is 5.65 Å². The maximum atomic E-state index is 11.6. The van der Waals surface area contributed by atoms with Crippen LogP contribution in [-0.2, 0) is 19.4 Å². The average Bonchev–Trinajstić information content (AvgIpc) is 3.11. The highest BCUT2D eigenvalue weighted by Gasteiger charge is 2.14. The van der Waals surface area contributed by atoms with E-state index in [-0.39, 0.29) is 5.69 Å². The first kappa shape index (κ1) is 12.6. The molecular weight excluding hydrogens is 286 g/mol. The molecule has 0 radical (unpaired) electrons. The molecule has 0 saturated heterocycles. The van der Waals surface area contributed by atoms with Crippen LogP contribution in [0.2, 0.25) is 0 Å². The number of hydrogen-bond acceptors (Lipinski definition) is 5. The van der Waals surface area contributed by atoms with Crippen LogP contribution in [-0.4, -0.2) is 19.6 Å². The molecule has 2 N–H and O–H groups in total. The Morgan fingerprint density at radius 2 is 2.33 bits per heavy atom. The normalized spacial score (nSPS) is 13.8. The van der Waals surface area contributed by atoms with E-state index < -0.39 is 0 Å². The summed E-state index contributed by atoms with van der Waals surface area (Å²) in [5, 5.41) is 9.74. The van der Waals surface area contributed by atoms with Crippen LogP contribution in [0.1, 0.15) is 27.6 Å². The Labute approximate surface area is 124 Å². The maximum absolute atomic E-state index is 11.6. The first-order chi connectivity index (χ1) is 10.2. The van der Waals surface area contributed by atoms with Crippen LogP contribution in [0.15, 0.2) is 16.9 Å². The minimum atomic E-state index is -0.253. The maximum Gasteiger partial charge on any atom is 0.349 e. The van der Waals surface area contributed by atoms with Crippen LogP contribution in [0.4, 0.5) is 5.82 Å².